The van der Waals surface area contributed by atoms with Crippen LogP contribution in [0.4, 0.5) is 4.39 Å². The van der Waals surface area contributed by atoms with E-state index in [-0.39, 0.29) is 12.5 Å². The molecule has 2 N–H and O–H groups in total. The topological polar surface area (TPSA) is 26.0 Å². The van der Waals surface area contributed by atoms with Crippen LogP contribution < -0.4 is 5.73 Å². The van der Waals surface area contributed by atoms with Crippen LogP contribution in [0.1, 0.15) is 20.3 Å². The fourth-order valence-electron chi connectivity index (χ4n) is 0.488. The third kappa shape index (κ3) is 2.26. The predicted molar refractivity (Wildman–Crippen MR) is 33.4 cm³/mol. The second kappa shape index (κ2) is 3.84. The zero-order valence-corrected chi connectivity index (χ0v) is 5.52. The standard InChI is InChI=1S/C6H14FN/c1-3-5(2)6(7)4-8/h5-6H,3-4,8H2,1-2H3/t5-,6-/m0/s1. The predicted octanol–water partition coefficient (Wildman–Crippen LogP) is 1.33. The first-order valence-electron chi connectivity index (χ1n) is 3.06. The summed E-state index contributed by atoms with van der Waals surface area (Å²) < 4.78 is 12.4. The Labute approximate surface area is 50.1 Å². The molecule has 0 fully saturated rings. The minimum absolute atomic E-state index is 0.125. The largest absolute Gasteiger partial charge is 0.328 e. The first-order valence-corrected chi connectivity index (χ1v) is 3.06. The Balaban J connectivity index is 3.29. The van der Waals surface area contributed by atoms with Gasteiger partial charge in [0.05, 0.1) is 0 Å². The maximum absolute atomic E-state index is 12.4. The number of hydrogen-bond acceptors (Lipinski definition) is 1. The molecule has 0 aliphatic carbocycles. The molecule has 0 amide bonds. The first-order chi connectivity index (χ1) is 3.72. The summed E-state index contributed by atoms with van der Waals surface area (Å²) in [5, 5.41) is 0. The monoisotopic (exact) mass is 119 g/mol. The zero-order chi connectivity index (χ0) is 6.57. The summed E-state index contributed by atoms with van der Waals surface area (Å²) in [6, 6.07) is 0. The van der Waals surface area contributed by atoms with Crippen molar-refractivity contribution in [2.75, 3.05) is 6.54 Å². The van der Waals surface area contributed by atoms with Crippen molar-refractivity contribution in [1.29, 1.82) is 0 Å². The second-order valence-corrected chi connectivity index (χ2v) is 2.14. The Kier molecular flexibility index (Phi) is 3.79. The van der Waals surface area contributed by atoms with Crippen LogP contribution in [0.3, 0.4) is 0 Å². The van der Waals surface area contributed by atoms with E-state index in [0.717, 1.165) is 6.42 Å². The zero-order valence-electron chi connectivity index (χ0n) is 5.52. The molecule has 0 aromatic carbocycles. The maximum atomic E-state index is 12.4. The normalized spacial score (nSPS) is 18.0. The van der Waals surface area contributed by atoms with Gasteiger partial charge < -0.3 is 5.73 Å². The van der Waals surface area contributed by atoms with Gasteiger partial charge in [-0.2, -0.15) is 0 Å². The Morgan fingerprint density at radius 1 is 1.62 bits per heavy atom. The highest BCUT2D eigenvalue weighted by molar-refractivity contribution is 4.62. The van der Waals surface area contributed by atoms with Gasteiger partial charge in [-0.1, -0.05) is 20.3 Å². The molecule has 0 rings (SSSR count). The molecule has 2 atom stereocenters. The molecular formula is C6H14FN. The smallest absolute Gasteiger partial charge is 0.115 e. The number of alkyl halides is 1. The van der Waals surface area contributed by atoms with E-state index in [4.69, 9.17) is 5.73 Å². The Bertz CT molecular complexity index is 48.5. The Morgan fingerprint density at radius 3 is 2.25 bits per heavy atom. The quantitative estimate of drug-likeness (QED) is 0.596. The molecule has 0 aliphatic heterocycles. The summed E-state index contributed by atoms with van der Waals surface area (Å²) in [5.74, 6) is 0.125. The van der Waals surface area contributed by atoms with E-state index in [1.54, 1.807) is 0 Å². The lowest BCUT2D eigenvalue weighted by Gasteiger charge is -2.10. The molecule has 50 valence electrons. The van der Waals surface area contributed by atoms with Crippen molar-refractivity contribution in [2.24, 2.45) is 11.7 Å². The minimum Gasteiger partial charge on any atom is -0.328 e. The highest BCUT2D eigenvalue weighted by Crippen LogP contribution is 2.08. The van der Waals surface area contributed by atoms with Gasteiger partial charge in [-0.3, -0.25) is 0 Å². The van der Waals surface area contributed by atoms with Crippen LogP contribution in [0.25, 0.3) is 0 Å². The number of rotatable bonds is 3. The van der Waals surface area contributed by atoms with Crippen molar-refractivity contribution in [3.8, 4) is 0 Å². The number of nitrogens with two attached hydrogens (primary N) is 1. The number of halogens is 1. The SMILES string of the molecule is CC[C@H](C)[C@@H](F)CN. The van der Waals surface area contributed by atoms with Crippen LogP contribution in [0.15, 0.2) is 0 Å². The molecule has 1 nitrogen and oxygen atoms in total. The van der Waals surface area contributed by atoms with Crippen LogP contribution in [-0.2, 0) is 0 Å². The third-order valence-corrected chi connectivity index (χ3v) is 1.49. The molecule has 0 heterocycles. The van der Waals surface area contributed by atoms with Gasteiger partial charge >= 0.3 is 0 Å². The fourth-order valence-corrected chi connectivity index (χ4v) is 0.488. The Morgan fingerprint density at radius 2 is 2.12 bits per heavy atom. The van der Waals surface area contributed by atoms with Crippen molar-refractivity contribution >= 4 is 0 Å². The molecule has 2 heteroatoms. The highest BCUT2D eigenvalue weighted by Gasteiger charge is 2.10. The van der Waals surface area contributed by atoms with E-state index in [9.17, 15) is 4.39 Å². The summed E-state index contributed by atoms with van der Waals surface area (Å²) in [4.78, 5) is 0. The fraction of sp³-hybridized carbons (Fsp3) is 1.00. The van der Waals surface area contributed by atoms with Gasteiger partial charge in [-0.15, -0.1) is 0 Å². The molecule has 0 saturated carbocycles. The van der Waals surface area contributed by atoms with E-state index in [2.05, 4.69) is 0 Å². The summed E-state index contributed by atoms with van der Waals surface area (Å²) in [7, 11) is 0. The summed E-state index contributed by atoms with van der Waals surface area (Å²) in [5.41, 5.74) is 5.07. The van der Waals surface area contributed by atoms with Gasteiger partial charge in [0.15, 0.2) is 0 Å². The van der Waals surface area contributed by atoms with E-state index >= 15 is 0 Å². The lowest BCUT2D eigenvalue weighted by atomic mass is 10.0. The maximum Gasteiger partial charge on any atom is 0.115 e. The second-order valence-electron chi connectivity index (χ2n) is 2.14. The van der Waals surface area contributed by atoms with Crippen LogP contribution in [0, 0.1) is 5.92 Å². The van der Waals surface area contributed by atoms with E-state index < -0.39 is 6.17 Å². The molecular weight excluding hydrogens is 105 g/mol. The van der Waals surface area contributed by atoms with Gasteiger partial charge in [-0.05, 0) is 5.92 Å². The van der Waals surface area contributed by atoms with Crippen molar-refractivity contribution < 1.29 is 4.39 Å². The van der Waals surface area contributed by atoms with Gasteiger partial charge in [0, 0.05) is 6.54 Å². The summed E-state index contributed by atoms with van der Waals surface area (Å²) in [6.45, 7) is 4.00. The van der Waals surface area contributed by atoms with Gasteiger partial charge in [0.1, 0.15) is 6.17 Å². The summed E-state index contributed by atoms with van der Waals surface area (Å²) in [6.07, 6.45) is 0.0678. The third-order valence-electron chi connectivity index (χ3n) is 1.49. The molecule has 0 saturated heterocycles. The lowest BCUT2D eigenvalue weighted by Crippen LogP contribution is -2.22. The first kappa shape index (κ1) is 7.89. The highest BCUT2D eigenvalue weighted by atomic mass is 19.1. The van der Waals surface area contributed by atoms with Gasteiger partial charge in [-0.25, -0.2) is 4.39 Å². The van der Waals surface area contributed by atoms with Crippen molar-refractivity contribution in [2.45, 2.75) is 26.4 Å². The molecule has 0 bridgehead atoms. The average molecular weight is 119 g/mol. The van der Waals surface area contributed by atoms with Crippen LogP contribution in [-0.4, -0.2) is 12.7 Å². The molecule has 0 unspecified atom stereocenters. The lowest BCUT2D eigenvalue weighted by molar-refractivity contribution is 0.244. The number of hydrogen-bond donors (Lipinski definition) is 1. The van der Waals surface area contributed by atoms with E-state index in [0.29, 0.717) is 0 Å². The van der Waals surface area contributed by atoms with Gasteiger partial charge in [0.2, 0.25) is 0 Å². The van der Waals surface area contributed by atoms with Crippen LogP contribution in [0.2, 0.25) is 0 Å². The van der Waals surface area contributed by atoms with Crippen molar-refractivity contribution in [1.82, 2.24) is 0 Å². The molecule has 0 spiro atoms. The average Bonchev–Trinajstić information content (AvgIpc) is 1.84. The van der Waals surface area contributed by atoms with Crippen LogP contribution >= 0.6 is 0 Å². The van der Waals surface area contributed by atoms with Gasteiger partial charge in [0.25, 0.3) is 0 Å². The van der Waals surface area contributed by atoms with E-state index in [1.807, 2.05) is 13.8 Å². The molecule has 8 heavy (non-hydrogen) atoms. The molecule has 0 aromatic heterocycles. The minimum atomic E-state index is -0.806. The molecule has 0 aromatic rings. The van der Waals surface area contributed by atoms with Crippen LogP contribution in [0.5, 0.6) is 0 Å². The Hall–Kier alpha value is -0.110. The summed E-state index contributed by atoms with van der Waals surface area (Å²) >= 11 is 0. The molecule has 0 aliphatic rings. The van der Waals surface area contributed by atoms with Crippen molar-refractivity contribution in [3.05, 3.63) is 0 Å². The van der Waals surface area contributed by atoms with E-state index in [1.165, 1.54) is 0 Å². The molecule has 0 radical (unpaired) electrons. The van der Waals surface area contributed by atoms with Crippen molar-refractivity contribution in [3.63, 3.8) is 0 Å².